The van der Waals surface area contributed by atoms with Gasteiger partial charge in [0.2, 0.25) is 5.28 Å². The summed E-state index contributed by atoms with van der Waals surface area (Å²) >= 11 is 11.5. The predicted octanol–water partition coefficient (Wildman–Crippen LogP) is 2.56. The molecule has 1 rings (SSSR count). The van der Waals surface area contributed by atoms with Crippen molar-refractivity contribution >= 4 is 29.0 Å². The molecule has 5 heteroatoms. The summed E-state index contributed by atoms with van der Waals surface area (Å²) in [6, 6.07) is 0. The fraction of sp³-hybridized carbons (Fsp3) is 0.500. The van der Waals surface area contributed by atoms with Crippen molar-refractivity contribution in [2.24, 2.45) is 5.92 Å². The second kappa shape index (κ2) is 4.11. The van der Waals surface area contributed by atoms with Crippen LogP contribution in [0.4, 0.5) is 5.82 Å². The molecule has 0 amide bonds. The van der Waals surface area contributed by atoms with Crippen LogP contribution >= 0.6 is 23.2 Å². The van der Waals surface area contributed by atoms with Crippen molar-refractivity contribution in [3.8, 4) is 0 Å². The molecular formula is C8H11Cl2N3. The molecule has 0 fully saturated rings. The molecule has 0 radical (unpaired) electrons. The van der Waals surface area contributed by atoms with Crippen LogP contribution in [0.25, 0.3) is 0 Å². The van der Waals surface area contributed by atoms with Gasteiger partial charge in [0.05, 0.1) is 5.69 Å². The van der Waals surface area contributed by atoms with E-state index < -0.39 is 0 Å². The van der Waals surface area contributed by atoms with Crippen LogP contribution in [0.5, 0.6) is 0 Å². The van der Waals surface area contributed by atoms with E-state index in [4.69, 9.17) is 28.9 Å². The number of hydrogen-bond acceptors (Lipinski definition) is 3. The van der Waals surface area contributed by atoms with Gasteiger partial charge >= 0.3 is 0 Å². The Kier molecular flexibility index (Phi) is 3.33. The lowest BCUT2D eigenvalue weighted by atomic mass is 10.1. The van der Waals surface area contributed by atoms with Gasteiger partial charge in [0.15, 0.2) is 0 Å². The normalized spacial score (nSPS) is 10.8. The van der Waals surface area contributed by atoms with Crippen LogP contribution < -0.4 is 5.73 Å². The van der Waals surface area contributed by atoms with Crippen LogP contribution in [0, 0.1) is 5.92 Å². The lowest BCUT2D eigenvalue weighted by molar-refractivity contribution is 0.634. The maximum atomic E-state index is 5.90. The summed E-state index contributed by atoms with van der Waals surface area (Å²) in [5.74, 6) is 0.709. The summed E-state index contributed by atoms with van der Waals surface area (Å²) in [6.45, 7) is 4.14. The third-order valence-corrected chi connectivity index (χ3v) is 2.10. The predicted molar refractivity (Wildman–Crippen MR) is 55.0 cm³/mol. The van der Waals surface area contributed by atoms with Gasteiger partial charge in [0.1, 0.15) is 10.8 Å². The Morgan fingerprint density at radius 3 is 2.46 bits per heavy atom. The third-order valence-electron chi connectivity index (χ3n) is 1.52. The standard InChI is InChI=1S/C8H11Cl2N3/c1-4(2)3-5-6(9)7(11)13-8(10)12-5/h4H,3H2,1-2H3,(H2,11,12,13). The molecule has 0 aliphatic rings. The Balaban J connectivity index is 3.05. The fourth-order valence-corrected chi connectivity index (χ4v) is 1.36. The highest BCUT2D eigenvalue weighted by Gasteiger charge is 2.10. The molecule has 0 aliphatic heterocycles. The maximum Gasteiger partial charge on any atom is 0.224 e. The minimum Gasteiger partial charge on any atom is -0.382 e. The Hall–Kier alpha value is -0.540. The highest BCUT2D eigenvalue weighted by Crippen LogP contribution is 2.23. The molecule has 1 heterocycles. The molecular weight excluding hydrogens is 209 g/mol. The highest BCUT2D eigenvalue weighted by molar-refractivity contribution is 6.34. The molecule has 0 spiro atoms. The summed E-state index contributed by atoms with van der Waals surface area (Å²) in [5, 5.41) is 0.565. The van der Waals surface area contributed by atoms with E-state index in [1.54, 1.807) is 0 Å². The van der Waals surface area contributed by atoms with Crippen LogP contribution in [-0.4, -0.2) is 9.97 Å². The molecule has 0 saturated carbocycles. The van der Waals surface area contributed by atoms with Gasteiger partial charge in [-0.15, -0.1) is 0 Å². The molecule has 3 nitrogen and oxygen atoms in total. The molecule has 1 aromatic rings. The molecule has 0 bridgehead atoms. The van der Waals surface area contributed by atoms with Gasteiger partial charge in [-0.2, -0.15) is 4.98 Å². The lowest BCUT2D eigenvalue weighted by Crippen LogP contribution is -2.03. The SMILES string of the molecule is CC(C)Cc1nc(Cl)nc(N)c1Cl. The van der Waals surface area contributed by atoms with Crippen LogP contribution in [0.2, 0.25) is 10.3 Å². The van der Waals surface area contributed by atoms with E-state index in [1.807, 2.05) is 0 Å². The fourth-order valence-electron chi connectivity index (χ4n) is 1.00. The molecule has 2 N–H and O–H groups in total. The summed E-state index contributed by atoms with van der Waals surface area (Å²) in [4.78, 5) is 7.76. The number of nitrogens with two attached hydrogens (primary N) is 1. The van der Waals surface area contributed by atoms with Crippen LogP contribution in [0.3, 0.4) is 0 Å². The monoisotopic (exact) mass is 219 g/mol. The van der Waals surface area contributed by atoms with Crippen molar-refractivity contribution in [3.63, 3.8) is 0 Å². The second-order valence-corrected chi connectivity index (χ2v) is 3.95. The maximum absolute atomic E-state index is 5.90. The topological polar surface area (TPSA) is 51.8 Å². The van der Waals surface area contributed by atoms with Crippen LogP contribution in [-0.2, 0) is 6.42 Å². The first-order chi connectivity index (χ1) is 6.00. The van der Waals surface area contributed by atoms with E-state index in [-0.39, 0.29) is 11.1 Å². The minimum absolute atomic E-state index is 0.151. The highest BCUT2D eigenvalue weighted by atomic mass is 35.5. The first-order valence-corrected chi connectivity index (χ1v) is 4.73. The van der Waals surface area contributed by atoms with E-state index in [1.165, 1.54) is 0 Å². The zero-order valence-corrected chi connectivity index (χ0v) is 9.02. The van der Waals surface area contributed by atoms with Gasteiger partial charge in [-0.25, -0.2) is 4.98 Å². The number of halogens is 2. The molecule has 1 aromatic heterocycles. The zero-order chi connectivity index (χ0) is 10.0. The van der Waals surface area contributed by atoms with E-state index >= 15 is 0 Å². The largest absolute Gasteiger partial charge is 0.382 e. The van der Waals surface area contributed by atoms with E-state index in [0.29, 0.717) is 16.6 Å². The third kappa shape index (κ3) is 2.71. The Bertz CT molecular complexity index is 313. The smallest absolute Gasteiger partial charge is 0.224 e. The van der Waals surface area contributed by atoms with Gasteiger partial charge < -0.3 is 5.73 Å². The summed E-state index contributed by atoms with van der Waals surface area (Å²) in [6.07, 6.45) is 0.755. The van der Waals surface area contributed by atoms with Gasteiger partial charge in [-0.1, -0.05) is 25.4 Å². The van der Waals surface area contributed by atoms with E-state index in [9.17, 15) is 0 Å². The number of nitrogen functional groups attached to an aromatic ring is 1. The quantitative estimate of drug-likeness (QED) is 0.779. The van der Waals surface area contributed by atoms with Gasteiger partial charge in [-0.3, -0.25) is 0 Å². The number of anilines is 1. The van der Waals surface area contributed by atoms with Gasteiger partial charge in [0, 0.05) is 0 Å². The van der Waals surface area contributed by atoms with Crippen molar-refractivity contribution in [1.82, 2.24) is 9.97 Å². The second-order valence-electron chi connectivity index (χ2n) is 3.24. The number of rotatable bonds is 2. The number of nitrogens with zero attached hydrogens (tertiary/aromatic N) is 2. The summed E-state index contributed by atoms with van der Waals surface area (Å²) < 4.78 is 0. The van der Waals surface area contributed by atoms with Crippen molar-refractivity contribution in [3.05, 3.63) is 16.0 Å². The molecule has 72 valence electrons. The van der Waals surface area contributed by atoms with Crippen LogP contribution in [0.15, 0.2) is 0 Å². The van der Waals surface area contributed by atoms with E-state index in [2.05, 4.69) is 23.8 Å². The first-order valence-electron chi connectivity index (χ1n) is 3.98. The molecule has 0 saturated heterocycles. The molecule has 13 heavy (non-hydrogen) atoms. The zero-order valence-electron chi connectivity index (χ0n) is 7.51. The number of aromatic nitrogens is 2. The molecule has 0 unspecified atom stereocenters. The summed E-state index contributed by atoms with van der Waals surface area (Å²) in [5.41, 5.74) is 6.25. The average Bonchev–Trinajstić information content (AvgIpc) is 1.98. The average molecular weight is 220 g/mol. The Labute approximate surface area is 87.3 Å². The van der Waals surface area contributed by atoms with Crippen molar-refractivity contribution in [2.75, 3.05) is 5.73 Å². The Morgan fingerprint density at radius 1 is 1.31 bits per heavy atom. The lowest BCUT2D eigenvalue weighted by Gasteiger charge is -2.07. The molecule has 0 atom stereocenters. The van der Waals surface area contributed by atoms with Crippen molar-refractivity contribution in [2.45, 2.75) is 20.3 Å². The van der Waals surface area contributed by atoms with Crippen molar-refractivity contribution in [1.29, 1.82) is 0 Å². The van der Waals surface area contributed by atoms with E-state index in [0.717, 1.165) is 6.42 Å². The van der Waals surface area contributed by atoms with Gasteiger partial charge in [-0.05, 0) is 23.9 Å². The van der Waals surface area contributed by atoms with Crippen LogP contribution in [0.1, 0.15) is 19.5 Å². The van der Waals surface area contributed by atoms with Crippen molar-refractivity contribution < 1.29 is 0 Å². The first kappa shape index (κ1) is 10.5. The minimum atomic E-state index is 0.151. The molecule has 0 aliphatic carbocycles. The summed E-state index contributed by atoms with van der Waals surface area (Å²) in [7, 11) is 0. The van der Waals surface area contributed by atoms with Gasteiger partial charge in [0.25, 0.3) is 0 Å². The Morgan fingerprint density at radius 2 is 1.92 bits per heavy atom. The molecule has 0 aromatic carbocycles. The number of hydrogen-bond donors (Lipinski definition) is 1.